The minimum atomic E-state index is 0.0100. The molecule has 27 heavy (non-hydrogen) atoms. The van der Waals surface area contributed by atoms with Crippen LogP contribution < -0.4 is 10.1 Å². The van der Waals surface area contributed by atoms with E-state index in [1.807, 2.05) is 30.3 Å². The van der Waals surface area contributed by atoms with Crippen LogP contribution in [0.2, 0.25) is 5.15 Å². The number of ether oxygens (including phenoxy) is 1. The fraction of sp³-hybridized carbons (Fsp3) is 0.227. The Kier molecular flexibility index (Phi) is 5.28. The second-order valence-corrected chi connectivity index (χ2v) is 6.98. The third kappa shape index (κ3) is 3.77. The van der Waals surface area contributed by atoms with Crippen molar-refractivity contribution in [1.82, 2.24) is 9.88 Å². The molecule has 0 bridgehead atoms. The molecule has 3 aromatic rings. The number of fused-ring (bicyclic) bond motifs is 1. The van der Waals surface area contributed by atoms with Crippen LogP contribution in [-0.4, -0.2) is 23.5 Å². The van der Waals surface area contributed by atoms with E-state index < -0.39 is 0 Å². The molecule has 0 saturated heterocycles. The lowest BCUT2D eigenvalue weighted by atomic mass is 10.0. The Bertz CT molecular complexity index is 916. The number of nitrogens with zero attached hydrogens (tertiary/aromatic N) is 2. The van der Waals surface area contributed by atoms with Gasteiger partial charge in [0.1, 0.15) is 17.1 Å². The molecule has 5 heteroatoms. The molecule has 2 aromatic carbocycles. The first kappa shape index (κ1) is 17.8. The van der Waals surface area contributed by atoms with Crippen molar-refractivity contribution in [3.8, 4) is 5.75 Å². The molecule has 4 rings (SSSR count). The van der Waals surface area contributed by atoms with Crippen LogP contribution in [0, 0.1) is 0 Å². The Morgan fingerprint density at radius 1 is 1.11 bits per heavy atom. The van der Waals surface area contributed by atoms with Gasteiger partial charge in [0, 0.05) is 36.1 Å². The molecular weight excluding hydrogens is 358 g/mol. The van der Waals surface area contributed by atoms with Crippen LogP contribution in [0.5, 0.6) is 5.75 Å². The Morgan fingerprint density at radius 3 is 2.70 bits per heavy atom. The van der Waals surface area contributed by atoms with Gasteiger partial charge in [0.15, 0.2) is 0 Å². The maximum Gasteiger partial charge on any atom is 0.135 e. The summed E-state index contributed by atoms with van der Waals surface area (Å²) < 4.78 is 5.62. The van der Waals surface area contributed by atoms with Gasteiger partial charge in [-0.3, -0.25) is 4.90 Å². The largest absolute Gasteiger partial charge is 0.496 e. The van der Waals surface area contributed by atoms with E-state index in [1.54, 1.807) is 13.3 Å². The van der Waals surface area contributed by atoms with Crippen LogP contribution in [-0.2, 0) is 13.0 Å². The number of anilines is 1. The number of hydrogen-bond acceptors (Lipinski definition) is 4. The lowest BCUT2D eigenvalue weighted by Crippen LogP contribution is -2.39. The van der Waals surface area contributed by atoms with E-state index in [0.717, 1.165) is 42.1 Å². The summed E-state index contributed by atoms with van der Waals surface area (Å²) in [5.74, 6) is 0.878. The number of rotatable bonds is 5. The lowest BCUT2D eigenvalue weighted by molar-refractivity contribution is 0.197. The summed E-state index contributed by atoms with van der Waals surface area (Å²) in [7, 11) is 1.71. The zero-order valence-electron chi connectivity index (χ0n) is 15.2. The third-order valence-corrected chi connectivity index (χ3v) is 5.31. The van der Waals surface area contributed by atoms with Crippen molar-refractivity contribution in [1.29, 1.82) is 0 Å². The molecule has 138 valence electrons. The average Bonchev–Trinajstić information content (AvgIpc) is 2.73. The highest BCUT2D eigenvalue weighted by atomic mass is 35.5. The van der Waals surface area contributed by atoms with Gasteiger partial charge >= 0.3 is 0 Å². The van der Waals surface area contributed by atoms with Gasteiger partial charge in [0.05, 0.1) is 7.11 Å². The highest BCUT2D eigenvalue weighted by Gasteiger charge is 2.30. The summed E-state index contributed by atoms with van der Waals surface area (Å²) in [4.78, 5) is 6.64. The van der Waals surface area contributed by atoms with Gasteiger partial charge in [-0.15, -0.1) is 0 Å². The third-order valence-electron chi connectivity index (χ3n) is 4.99. The van der Waals surface area contributed by atoms with Gasteiger partial charge < -0.3 is 10.1 Å². The first-order valence-corrected chi connectivity index (χ1v) is 9.45. The van der Waals surface area contributed by atoms with E-state index in [9.17, 15) is 0 Å². The average molecular weight is 380 g/mol. The molecule has 1 aliphatic heterocycles. The van der Waals surface area contributed by atoms with E-state index in [4.69, 9.17) is 16.3 Å². The summed E-state index contributed by atoms with van der Waals surface area (Å²) >= 11 is 6.37. The number of pyridine rings is 1. The summed E-state index contributed by atoms with van der Waals surface area (Å²) in [6, 6.07) is 20.7. The molecule has 1 atom stereocenters. The number of para-hydroxylation sites is 1. The van der Waals surface area contributed by atoms with Crippen molar-refractivity contribution in [2.45, 2.75) is 19.1 Å². The summed E-state index contributed by atoms with van der Waals surface area (Å²) in [5.41, 5.74) is 4.51. The maximum atomic E-state index is 6.37. The van der Waals surface area contributed by atoms with Gasteiger partial charge in [0.25, 0.3) is 0 Å². The van der Waals surface area contributed by atoms with Crippen LogP contribution in [0.25, 0.3) is 0 Å². The monoisotopic (exact) mass is 379 g/mol. The fourth-order valence-corrected chi connectivity index (χ4v) is 3.80. The van der Waals surface area contributed by atoms with E-state index >= 15 is 0 Å². The Hall–Kier alpha value is -2.56. The minimum absolute atomic E-state index is 0.0100. The Balaban J connectivity index is 1.67. The van der Waals surface area contributed by atoms with Gasteiger partial charge in [0.2, 0.25) is 0 Å². The molecule has 2 heterocycles. The second-order valence-electron chi connectivity index (χ2n) is 6.62. The van der Waals surface area contributed by atoms with Crippen LogP contribution in [0.1, 0.15) is 22.9 Å². The standard InChI is InChI=1S/C22H22ClN3O/c1-27-20-10-6-5-9-17(20)22-25-19-11-13-24-21(23)18(19)15-26(22)14-12-16-7-3-2-4-8-16/h2-11,13,22,25H,12,14-15H2,1H3. The molecule has 0 radical (unpaired) electrons. The van der Waals surface area contributed by atoms with Gasteiger partial charge in [-0.1, -0.05) is 60.1 Å². The molecule has 0 fully saturated rings. The quantitative estimate of drug-likeness (QED) is 0.639. The highest BCUT2D eigenvalue weighted by Crippen LogP contribution is 2.38. The normalized spacial score (nSPS) is 16.4. The molecule has 0 aliphatic carbocycles. The predicted octanol–water partition coefficient (Wildman–Crippen LogP) is 4.91. The number of nitrogens with one attached hydrogen (secondary N) is 1. The van der Waals surface area contributed by atoms with Crippen molar-refractivity contribution in [2.75, 3.05) is 19.0 Å². The van der Waals surface area contributed by atoms with Gasteiger partial charge in [-0.05, 0) is 24.1 Å². The molecule has 0 amide bonds. The second kappa shape index (κ2) is 7.99. The van der Waals surface area contributed by atoms with Crippen LogP contribution in [0.15, 0.2) is 66.9 Å². The molecule has 1 aliphatic rings. The molecule has 1 unspecified atom stereocenters. The van der Waals surface area contributed by atoms with Crippen molar-refractivity contribution in [3.05, 3.63) is 88.7 Å². The molecule has 1 aromatic heterocycles. The first-order chi connectivity index (χ1) is 13.3. The SMILES string of the molecule is COc1ccccc1C1Nc2ccnc(Cl)c2CN1CCc1ccccc1. The molecular formula is C22H22ClN3O. The Labute approximate surface area is 164 Å². The zero-order valence-corrected chi connectivity index (χ0v) is 16.0. The fourth-order valence-electron chi connectivity index (χ4n) is 3.58. The number of benzene rings is 2. The van der Waals surface area contributed by atoms with Crippen LogP contribution >= 0.6 is 11.6 Å². The lowest BCUT2D eigenvalue weighted by Gasteiger charge is -2.39. The van der Waals surface area contributed by atoms with Gasteiger partial charge in [-0.25, -0.2) is 4.98 Å². The minimum Gasteiger partial charge on any atom is -0.496 e. The van der Waals surface area contributed by atoms with Crippen LogP contribution in [0.4, 0.5) is 5.69 Å². The predicted molar refractivity (Wildman–Crippen MR) is 109 cm³/mol. The van der Waals surface area contributed by atoms with Crippen LogP contribution in [0.3, 0.4) is 0 Å². The van der Waals surface area contributed by atoms with E-state index in [2.05, 4.69) is 45.5 Å². The number of methoxy groups -OCH3 is 1. The topological polar surface area (TPSA) is 37.4 Å². The van der Waals surface area contributed by atoms with Crippen molar-refractivity contribution >= 4 is 17.3 Å². The maximum absolute atomic E-state index is 6.37. The van der Waals surface area contributed by atoms with E-state index in [1.165, 1.54) is 5.56 Å². The summed E-state index contributed by atoms with van der Waals surface area (Å²) in [6.45, 7) is 1.63. The molecule has 4 nitrogen and oxygen atoms in total. The van der Waals surface area contributed by atoms with Gasteiger partial charge in [-0.2, -0.15) is 0 Å². The van der Waals surface area contributed by atoms with E-state index in [-0.39, 0.29) is 6.17 Å². The van der Waals surface area contributed by atoms with Crippen molar-refractivity contribution in [3.63, 3.8) is 0 Å². The summed E-state index contributed by atoms with van der Waals surface area (Å²) in [5, 5.41) is 4.20. The smallest absolute Gasteiger partial charge is 0.135 e. The zero-order chi connectivity index (χ0) is 18.6. The molecule has 1 N–H and O–H groups in total. The molecule has 0 spiro atoms. The molecule has 0 saturated carbocycles. The number of aromatic nitrogens is 1. The number of halogens is 1. The van der Waals surface area contributed by atoms with E-state index in [0.29, 0.717) is 5.15 Å². The first-order valence-electron chi connectivity index (χ1n) is 9.07. The van der Waals surface area contributed by atoms with Crippen molar-refractivity contribution in [2.24, 2.45) is 0 Å². The number of hydrogen-bond donors (Lipinski definition) is 1. The van der Waals surface area contributed by atoms with Crippen molar-refractivity contribution < 1.29 is 4.74 Å². The Morgan fingerprint density at radius 2 is 1.89 bits per heavy atom. The highest BCUT2D eigenvalue weighted by molar-refractivity contribution is 6.30. The summed E-state index contributed by atoms with van der Waals surface area (Å²) in [6.07, 6.45) is 2.71.